The molecule has 6 rings (SSSR count). The van der Waals surface area contributed by atoms with Gasteiger partial charge in [-0.3, -0.25) is 0 Å². The monoisotopic (exact) mass is 538 g/mol. The molecule has 4 fully saturated rings. The molecule has 4 heteroatoms. The second-order valence-corrected chi connectivity index (χ2v) is 15.9. The first-order valence-corrected chi connectivity index (χ1v) is 14.8. The Kier molecular flexibility index (Phi) is 6.25. The fraction of sp³-hybridized carbons (Fsp3) is 0.611. The molecule has 0 aliphatic heterocycles. The molecule has 0 N–H and O–H groups in total. The van der Waals surface area contributed by atoms with Crippen LogP contribution < -0.4 is 9.47 Å². The van der Waals surface area contributed by atoms with E-state index in [9.17, 15) is 10.5 Å². The van der Waals surface area contributed by atoms with Gasteiger partial charge in [-0.15, -0.1) is 10.5 Å². The van der Waals surface area contributed by atoms with Gasteiger partial charge >= 0.3 is 0 Å². The third-order valence-electron chi connectivity index (χ3n) is 11.7. The number of nitriles is 2. The van der Waals surface area contributed by atoms with Crippen LogP contribution in [0.15, 0.2) is 24.3 Å². The van der Waals surface area contributed by atoms with Crippen molar-refractivity contribution in [3.8, 4) is 24.0 Å². The molecular formula is C36H46N2O2. The van der Waals surface area contributed by atoms with Crippen LogP contribution in [0.2, 0.25) is 0 Å². The summed E-state index contributed by atoms with van der Waals surface area (Å²) in [5.41, 5.74) is 7.70. The number of aryl methyl sites for hydroxylation is 4. The van der Waals surface area contributed by atoms with Crippen molar-refractivity contribution in [2.24, 2.45) is 21.7 Å². The Morgan fingerprint density at radius 1 is 0.550 bits per heavy atom. The van der Waals surface area contributed by atoms with Crippen LogP contribution in [0.3, 0.4) is 0 Å². The van der Waals surface area contributed by atoms with Crippen molar-refractivity contribution in [2.75, 3.05) is 0 Å². The summed E-state index contributed by atoms with van der Waals surface area (Å²) in [6, 6.07) is 9.31. The molecule has 2 aromatic carbocycles. The molecule has 4 bridgehead atoms. The average Bonchev–Trinajstić information content (AvgIpc) is 2.81. The predicted octanol–water partition coefficient (Wildman–Crippen LogP) is 9.26. The van der Waals surface area contributed by atoms with Gasteiger partial charge in [-0.1, -0.05) is 65.8 Å². The zero-order chi connectivity index (χ0) is 29.5. The van der Waals surface area contributed by atoms with E-state index >= 15 is 0 Å². The quantitative estimate of drug-likeness (QED) is 0.364. The average molecular weight is 539 g/mol. The maximum Gasteiger partial charge on any atom is 0.292 e. The zero-order valence-corrected chi connectivity index (χ0v) is 26.3. The third-order valence-corrected chi connectivity index (χ3v) is 11.7. The summed E-state index contributed by atoms with van der Waals surface area (Å²) < 4.78 is 10.8. The Morgan fingerprint density at radius 3 is 1.10 bits per heavy atom. The second kappa shape index (κ2) is 8.76. The summed E-state index contributed by atoms with van der Waals surface area (Å²) in [4.78, 5) is 0. The van der Waals surface area contributed by atoms with Crippen molar-refractivity contribution in [1.29, 1.82) is 10.5 Å². The molecule has 40 heavy (non-hydrogen) atoms. The van der Waals surface area contributed by atoms with Crippen LogP contribution in [0.5, 0.6) is 11.5 Å². The molecule has 212 valence electrons. The minimum absolute atomic E-state index is 0.0274. The predicted molar refractivity (Wildman–Crippen MR) is 159 cm³/mol. The van der Waals surface area contributed by atoms with Crippen LogP contribution in [0, 0.1) is 72.4 Å². The molecule has 4 nitrogen and oxygen atoms in total. The lowest BCUT2D eigenvalue weighted by atomic mass is 9.28. The highest BCUT2D eigenvalue weighted by Gasteiger charge is 2.72. The van der Waals surface area contributed by atoms with E-state index in [-0.39, 0.29) is 32.5 Å². The van der Waals surface area contributed by atoms with Gasteiger partial charge in [0.25, 0.3) is 12.5 Å². The molecule has 2 aromatic rings. The van der Waals surface area contributed by atoms with E-state index in [2.05, 4.69) is 93.5 Å². The zero-order valence-electron chi connectivity index (χ0n) is 26.3. The summed E-state index contributed by atoms with van der Waals surface area (Å²) in [6.07, 6.45) is 10.9. The van der Waals surface area contributed by atoms with Gasteiger partial charge in [0.1, 0.15) is 11.5 Å². The molecular weight excluding hydrogens is 492 g/mol. The van der Waals surface area contributed by atoms with Gasteiger partial charge in [-0.2, -0.15) is 0 Å². The number of hydrogen-bond donors (Lipinski definition) is 0. The van der Waals surface area contributed by atoms with E-state index in [1.54, 1.807) is 0 Å². The Labute approximate surface area is 241 Å². The lowest BCUT2D eigenvalue weighted by Gasteiger charge is -2.76. The van der Waals surface area contributed by atoms with Crippen LogP contribution in [0.1, 0.15) is 113 Å². The van der Waals surface area contributed by atoms with Crippen molar-refractivity contribution in [1.82, 2.24) is 0 Å². The van der Waals surface area contributed by atoms with E-state index in [1.165, 1.54) is 43.2 Å². The van der Waals surface area contributed by atoms with Gasteiger partial charge in [0.05, 0.1) is 0 Å². The number of hydrogen-bond acceptors (Lipinski definition) is 4. The van der Waals surface area contributed by atoms with E-state index in [4.69, 9.17) is 9.47 Å². The van der Waals surface area contributed by atoms with Gasteiger partial charge in [0.2, 0.25) is 0 Å². The molecule has 4 aliphatic rings. The highest BCUT2D eigenvalue weighted by Crippen LogP contribution is 2.80. The lowest BCUT2D eigenvalue weighted by molar-refractivity contribution is -0.214. The van der Waals surface area contributed by atoms with Gasteiger partial charge < -0.3 is 9.47 Å². The molecule has 4 saturated carbocycles. The van der Waals surface area contributed by atoms with Crippen LogP contribution in [-0.2, 0) is 10.8 Å². The van der Waals surface area contributed by atoms with Crippen molar-refractivity contribution < 1.29 is 9.47 Å². The first kappa shape index (κ1) is 28.5. The Hall–Kier alpha value is -2.98. The molecule has 0 heterocycles. The fourth-order valence-electron chi connectivity index (χ4n) is 9.77. The van der Waals surface area contributed by atoms with E-state index in [1.807, 2.05) is 12.5 Å². The van der Waals surface area contributed by atoms with Crippen molar-refractivity contribution in [3.05, 3.63) is 57.6 Å². The normalized spacial score (nSPS) is 31.0. The highest BCUT2D eigenvalue weighted by atomic mass is 16.5. The largest absolute Gasteiger partial charge is 0.387 e. The lowest BCUT2D eigenvalue weighted by Crippen LogP contribution is -2.69. The molecule has 0 aromatic heterocycles. The molecule has 0 radical (unpaired) electrons. The van der Waals surface area contributed by atoms with Crippen molar-refractivity contribution in [3.63, 3.8) is 0 Å². The summed E-state index contributed by atoms with van der Waals surface area (Å²) >= 11 is 0. The summed E-state index contributed by atoms with van der Waals surface area (Å²) in [6.45, 7) is 23.2. The van der Waals surface area contributed by atoms with Gasteiger partial charge in [-0.25, -0.2) is 0 Å². The first-order valence-electron chi connectivity index (χ1n) is 14.8. The smallest absolute Gasteiger partial charge is 0.292 e. The number of benzene rings is 2. The maximum atomic E-state index is 9.27. The minimum atomic E-state index is 0.0274. The molecule has 0 unspecified atom stereocenters. The Bertz CT molecular complexity index is 1290. The van der Waals surface area contributed by atoms with Crippen molar-refractivity contribution >= 4 is 0 Å². The minimum Gasteiger partial charge on any atom is -0.387 e. The molecule has 0 amide bonds. The van der Waals surface area contributed by atoms with E-state index < -0.39 is 0 Å². The van der Waals surface area contributed by atoms with Crippen LogP contribution >= 0.6 is 0 Å². The number of rotatable bonds is 4. The highest BCUT2D eigenvalue weighted by molar-refractivity contribution is 5.51. The summed E-state index contributed by atoms with van der Waals surface area (Å²) in [7, 11) is 0. The van der Waals surface area contributed by atoms with Gasteiger partial charge in [0, 0.05) is 0 Å². The molecule has 0 atom stereocenters. The topological polar surface area (TPSA) is 66.0 Å². The van der Waals surface area contributed by atoms with E-state index in [0.717, 1.165) is 28.7 Å². The first-order chi connectivity index (χ1) is 18.5. The van der Waals surface area contributed by atoms with E-state index in [0.29, 0.717) is 11.5 Å². The fourth-order valence-corrected chi connectivity index (χ4v) is 9.77. The summed E-state index contributed by atoms with van der Waals surface area (Å²) in [5, 5.41) is 18.5. The molecule has 4 aliphatic carbocycles. The third kappa shape index (κ3) is 3.97. The van der Waals surface area contributed by atoms with Crippen LogP contribution in [0.4, 0.5) is 0 Å². The Morgan fingerprint density at radius 2 is 0.850 bits per heavy atom. The number of ether oxygens (including phenoxy) is 2. The van der Waals surface area contributed by atoms with Crippen LogP contribution in [-0.4, -0.2) is 0 Å². The van der Waals surface area contributed by atoms with Gasteiger partial charge in [-0.05, 0) is 132 Å². The van der Waals surface area contributed by atoms with Crippen molar-refractivity contribution in [2.45, 2.75) is 119 Å². The maximum absolute atomic E-state index is 9.27. The SMILES string of the molecule is Cc1cc(C23CC4(c5cc(C)c(OC#N)c(C)c5)CC(C(C)(C)C)(C2)CC(C(C)(C)C)(C3)C4)cc(C)c1OC#N. The molecule has 0 saturated heterocycles. The Balaban J connectivity index is 1.81. The standard InChI is InChI=1S/C36H46N2O2/c1-23-11-27(12-24(2)29(23)39-21-37)33-15-34(28-13-25(3)30(40-22-38)26(4)14-28)18-35(16-33,31(5,6)7)20-36(17-33,19-34)32(8,9)10/h11-14H,15-20H2,1-10H3. The second-order valence-electron chi connectivity index (χ2n) is 15.9. The number of nitrogens with zero attached hydrogens (tertiary/aromatic N) is 2. The van der Waals surface area contributed by atoms with Gasteiger partial charge in [0.15, 0.2) is 0 Å². The van der Waals surface area contributed by atoms with Crippen LogP contribution in [0.25, 0.3) is 0 Å². The molecule has 0 spiro atoms. The summed E-state index contributed by atoms with van der Waals surface area (Å²) in [5.74, 6) is 1.39.